The zero-order chi connectivity index (χ0) is 22.6. The molecule has 0 fully saturated rings. The fourth-order valence-corrected chi connectivity index (χ4v) is 3.88. The van der Waals surface area contributed by atoms with Gasteiger partial charge < -0.3 is 19.7 Å². The molecule has 2 rings (SSSR count). The van der Waals surface area contributed by atoms with Crippen LogP contribution in [-0.4, -0.2) is 49.3 Å². The quantitative estimate of drug-likeness (QED) is 0.538. The van der Waals surface area contributed by atoms with Gasteiger partial charge in [-0.15, -0.1) is 11.8 Å². The van der Waals surface area contributed by atoms with Gasteiger partial charge in [0.15, 0.2) is 0 Å². The number of hydrogen-bond donors (Lipinski definition) is 1. The van der Waals surface area contributed by atoms with E-state index in [2.05, 4.69) is 5.32 Å². The van der Waals surface area contributed by atoms with Crippen molar-refractivity contribution >= 4 is 23.6 Å². The number of methoxy groups -OCH3 is 2. The van der Waals surface area contributed by atoms with Crippen molar-refractivity contribution in [1.82, 2.24) is 10.2 Å². The Morgan fingerprint density at radius 1 is 1.03 bits per heavy atom. The van der Waals surface area contributed by atoms with Crippen LogP contribution >= 0.6 is 11.8 Å². The molecule has 1 atom stereocenters. The third-order valence-electron chi connectivity index (χ3n) is 4.86. The second-order valence-electron chi connectivity index (χ2n) is 7.18. The average Bonchev–Trinajstić information content (AvgIpc) is 2.81. The van der Waals surface area contributed by atoms with E-state index in [-0.39, 0.29) is 11.8 Å². The molecule has 0 spiro atoms. The molecule has 0 aliphatic carbocycles. The van der Waals surface area contributed by atoms with E-state index < -0.39 is 6.04 Å². The Morgan fingerprint density at radius 2 is 1.74 bits per heavy atom. The van der Waals surface area contributed by atoms with Gasteiger partial charge in [-0.05, 0) is 48.7 Å². The number of rotatable bonds is 12. The lowest BCUT2D eigenvalue weighted by atomic mass is 10.1. The molecule has 168 valence electrons. The molecule has 0 heterocycles. The summed E-state index contributed by atoms with van der Waals surface area (Å²) < 4.78 is 10.5. The molecular formula is C24H32N2O4S. The Kier molecular flexibility index (Phi) is 10.2. The fourth-order valence-electron chi connectivity index (χ4n) is 3.01. The molecule has 7 heteroatoms. The van der Waals surface area contributed by atoms with Crippen molar-refractivity contribution < 1.29 is 19.1 Å². The summed E-state index contributed by atoms with van der Waals surface area (Å²) in [4.78, 5) is 27.3. The van der Waals surface area contributed by atoms with Crippen LogP contribution in [-0.2, 0) is 21.9 Å². The number of amides is 2. The largest absolute Gasteiger partial charge is 0.497 e. The van der Waals surface area contributed by atoms with E-state index in [1.54, 1.807) is 26.0 Å². The van der Waals surface area contributed by atoms with Gasteiger partial charge in [0.25, 0.3) is 0 Å². The second-order valence-corrected chi connectivity index (χ2v) is 8.17. The molecule has 0 bridgehead atoms. The van der Waals surface area contributed by atoms with Gasteiger partial charge in [0.2, 0.25) is 11.8 Å². The maximum atomic E-state index is 13.1. The summed E-state index contributed by atoms with van der Waals surface area (Å²) in [6, 6.07) is 14.8. The van der Waals surface area contributed by atoms with Crippen LogP contribution in [0.5, 0.6) is 11.5 Å². The van der Waals surface area contributed by atoms with Crippen LogP contribution in [0, 0.1) is 0 Å². The summed E-state index contributed by atoms with van der Waals surface area (Å²) in [7, 11) is 3.25. The van der Waals surface area contributed by atoms with Gasteiger partial charge in [0, 0.05) is 18.8 Å². The molecule has 1 N–H and O–H groups in total. The predicted molar refractivity (Wildman–Crippen MR) is 125 cm³/mol. The number of nitrogens with one attached hydrogen (secondary N) is 1. The average molecular weight is 445 g/mol. The fraction of sp³-hybridized carbons (Fsp3) is 0.417. The first-order valence-electron chi connectivity index (χ1n) is 10.4. The highest BCUT2D eigenvalue weighted by atomic mass is 32.2. The van der Waals surface area contributed by atoms with Crippen LogP contribution in [0.25, 0.3) is 0 Å². The highest BCUT2D eigenvalue weighted by Crippen LogP contribution is 2.20. The Balaban J connectivity index is 2.05. The first-order chi connectivity index (χ1) is 15.0. The number of ether oxygens (including phenoxy) is 2. The van der Waals surface area contributed by atoms with Crippen LogP contribution in [0.2, 0.25) is 0 Å². The number of nitrogens with zero attached hydrogens (tertiary/aromatic N) is 1. The molecule has 0 radical (unpaired) electrons. The van der Waals surface area contributed by atoms with E-state index >= 15 is 0 Å². The summed E-state index contributed by atoms with van der Waals surface area (Å²) >= 11 is 1.53. The monoisotopic (exact) mass is 444 g/mol. The minimum atomic E-state index is -0.563. The van der Waals surface area contributed by atoms with E-state index in [0.29, 0.717) is 24.6 Å². The standard InChI is InChI=1S/C24H32N2O4S/c1-5-13-25-24(28)18(2)26(15-20-7-6-8-22(14-20)30-4)23(27)17-31-16-19-9-11-21(29-3)12-10-19/h6-12,14,18H,5,13,15-17H2,1-4H3,(H,25,28)/t18-/m1/s1. The molecule has 0 unspecified atom stereocenters. The maximum Gasteiger partial charge on any atom is 0.242 e. The Labute approximate surface area is 189 Å². The van der Waals surface area contributed by atoms with Crippen LogP contribution < -0.4 is 14.8 Å². The summed E-state index contributed by atoms with van der Waals surface area (Å²) in [6.07, 6.45) is 0.847. The van der Waals surface area contributed by atoms with Crippen molar-refractivity contribution in [2.75, 3.05) is 26.5 Å². The topological polar surface area (TPSA) is 67.9 Å². The van der Waals surface area contributed by atoms with Crippen molar-refractivity contribution in [2.45, 2.75) is 38.6 Å². The minimum Gasteiger partial charge on any atom is -0.497 e. The molecule has 0 saturated heterocycles. The highest BCUT2D eigenvalue weighted by Gasteiger charge is 2.25. The summed E-state index contributed by atoms with van der Waals surface area (Å²) in [5, 5.41) is 2.89. The SMILES string of the molecule is CCCNC(=O)[C@@H](C)N(Cc1cccc(OC)c1)C(=O)CSCc1ccc(OC)cc1. The third-order valence-corrected chi connectivity index (χ3v) is 5.85. The number of carbonyl (C=O) groups excluding carboxylic acids is 2. The number of carbonyl (C=O) groups is 2. The number of benzene rings is 2. The van der Waals surface area contributed by atoms with E-state index in [4.69, 9.17) is 9.47 Å². The van der Waals surface area contributed by atoms with Crippen molar-refractivity contribution in [2.24, 2.45) is 0 Å². The molecule has 2 aromatic carbocycles. The molecule has 0 aliphatic heterocycles. The van der Waals surface area contributed by atoms with E-state index in [0.717, 1.165) is 29.0 Å². The Bertz CT molecular complexity index is 842. The first kappa shape index (κ1) is 24.6. The van der Waals surface area contributed by atoms with Crippen molar-refractivity contribution in [3.8, 4) is 11.5 Å². The second kappa shape index (κ2) is 12.9. The van der Waals surface area contributed by atoms with E-state index in [1.807, 2.05) is 55.5 Å². The predicted octanol–water partition coefficient (Wildman–Crippen LogP) is 3.88. The van der Waals surface area contributed by atoms with Crippen molar-refractivity contribution in [3.63, 3.8) is 0 Å². The molecule has 2 amide bonds. The number of thioether (sulfide) groups is 1. The molecule has 0 aliphatic rings. The zero-order valence-electron chi connectivity index (χ0n) is 18.7. The Morgan fingerprint density at radius 3 is 2.39 bits per heavy atom. The normalized spacial score (nSPS) is 11.5. The lowest BCUT2D eigenvalue weighted by molar-refractivity contribution is -0.138. The van der Waals surface area contributed by atoms with Crippen LogP contribution in [0.3, 0.4) is 0 Å². The molecule has 2 aromatic rings. The maximum absolute atomic E-state index is 13.1. The van der Waals surface area contributed by atoms with Gasteiger partial charge in [-0.2, -0.15) is 0 Å². The molecule has 0 aromatic heterocycles. The Hall–Kier alpha value is -2.67. The molecule has 0 saturated carbocycles. The van der Waals surface area contributed by atoms with Gasteiger partial charge in [-0.25, -0.2) is 0 Å². The van der Waals surface area contributed by atoms with E-state index in [9.17, 15) is 9.59 Å². The summed E-state index contributed by atoms with van der Waals surface area (Å²) in [5.74, 6) is 2.32. The lowest BCUT2D eigenvalue weighted by Crippen LogP contribution is -2.48. The van der Waals surface area contributed by atoms with Gasteiger partial charge in [-0.1, -0.05) is 31.2 Å². The zero-order valence-corrected chi connectivity index (χ0v) is 19.5. The van der Waals surface area contributed by atoms with Gasteiger partial charge in [0.1, 0.15) is 17.5 Å². The van der Waals surface area contributed by atoms with E-state index in [1.165, 1.54) is 11.8 Å². The summed E-state index contributed by atoms with van der Waals surface area (Å²) in [5.41, 5.74) is 2.04. The van der Waals surface area contributed by atoms with Crippen molar-refractivity contribution in [3.05, 3.63) is 59.7 Å². The minimum absolute atomic E-state index is 0.0690. The molecular weight excluding hydrogens is 412 g/mol. The van der Waals surface area contributed by atoms with Gasteiger partial charge in [-0.3, -0.25) is 9.59 Å². The highest BCUT2D eigenvalue weighted by molar-refractivity contribution is 7.99. The molecule has 6 nitrogen and oxygen atoms in total. The smallest absolute Gasteiger partial charge is 0.242 e. The van der Waals surface area contributed by atoms with Crippen LogP contribution in [0.4, 0.5) is 0 Å². The number of hydrogen-bond acceptors (Lipinski definition) is 5. The third kappa shape index (κ3) is 7.83. The van der Waals surface area contributed by atoms with Crippen molar-refractivity contribution in [1.29, 1.82) is 0 Å². The molecule has 31 heavy (non-hydrogen) atoms. The van der Waals surface area contributed by atoms with Crippen LogP contribution in [0.15, 0.2) is 48.5 Å². The first-order valence-corrected chi connectivity index (χ1v) is 11.5. The van der Waals surface area contributed by atoms with Gasteiger partial charge >= 0.3 is 0 Å². The van der Waals surface area contributed by atoms with Crippen LogP contribution in [0.1, 0.15) is 31.4 Å². The van der Waals surface area contributed by atoms with Gasteiger partial charge in [0.05, 0.1) is 20.0 Å². The summed E-state index contributed by atoms with van der Waals surface area (Å²) in [6.45, 7) is 4.72. The lowest BCUT2D eigenvalue weighted by Gasteiger charge is -2.29.